The summed E-state index contributed by atoms with van der Waals surface area (Å²) in [5.74, 6) is -1.54. The molecular weight excluding hydrogens is 324 g/mol. The molecule has 0 saturated carbocycles. The number of aliphatic hydroxyl groups is 1. The molecule has 112 valence electrons. The predicted octanol–water partition coefficient (Wildman–Crippen LogP) is 2.91. The molecule has 2 N–H and O–H groups in total. The van der Waals surface area contributed by atoms with E-state index < -0.39 is 33.2 Å². The van der Waals surface area contributed by atoms with E-state index in [4.69, 9.17) is 16.7 Å². The van der Waals surface area contributed by atoms with E-state index in [9.17, 15) is 17.2 Å². The highest BCUT2D eigenvalue weighted by Gasteiger charge is 2.21. The van der Waals surface area contributed by atoms with Gasteiger partial charge in [0, 0.05) is 5.56 Å². The Labute approximate surface area is 125 Å². The number of aliphatic hydroxyl groups excluding tert-OH is 1. The Hall–Kier alpha value is -1.70. The molecule has 2 aromatic rings. The molecule has 0 amide bonds. The standard InChI is InChI=1S/C13H10ClF2NO3S/c14-10-6-9(15)4-5-12(10)21(19,20)17-13-8(7-18)2-1-3-11(13)16/h1-6,17-18H,7H2. The van der Waals surface area contributed by atoms with Crippen LogP contribution in [0.4, 0.5) is 14.5 Å². The Morgan fingerprint density at radius 2 is 1.90 bits per heavy atom. The van der Waals surface area contributed by atoms with Crippen molar-refractivity contribution in [3.8, 4) is 0 Å². The molecule has 4 nitrogen and oxygen atoms in total. The van der Waals surface area contributed by atoms with Crippen LogP contribution in [0.2, 0.25) is 5.02 Å². The van der Waals surface area contributed by atoms with Crippen molar-refractivity contribution in [2.75, 3.05) is 4.72 Å². The average Bonchev–Trinajstić information content (AvgIpc) is 2.40. The molecule has 0 aliphatic carbocycles. The summed E-state index contributed by atoms with van der Waals surface area (Å²) in [6.45, 7) is -0.549. The van der Waals surface area contributed by atoms with E-state index in [1.54, 1.807) is 0 Å². The van der Waals surface area contributed by atoms with Crippen molar-refractivity contribution in [3.63, 3.8) is 0 Å². The van der Waals surface area contributed by atoms with Crippen LogP contribution in [0.3, 0.4) is 0 Å². The summed E-state index contributed by atoms with van der Waals surface area (Å²) < 4.78 is 53.1. The molecule has 0 spiro atoms. The van der Waals surface area contributed by atoms with Crippen molar-refractivity contribution in [1.29, 1.82) is 0 Å². The second kappa shape index (κ2) is 5.97. The minimum absolute atomic E-state index is 0.0665. The van der Waals surface area contributed by atoms with Crippen LogP contribution in [0, 0.1) is 11.6 Å². The molecule has 2 aromatic carbocycles. The Balaban J connectivity index is 2.47. The molecular formula is C13H10ClF2NO3S. The highest BCUT2D eigenvalue weighted by molar-refractivity contribution is 7.92. The summed E-state index contributed by atoms with van der Waals surface area (Å²) in [6.07, 6.45) is 0. The molecule has 0 radical (unpaired) electrons. The first kappa shape index (κ1) is 15.7. The molecule has 0 saturated heterocycles. The second-order valence-corrected chi connectivity index (χ2v) is 6.17. The predicted molar refractivity (Wildman–Crippen MR) is 74.5 cm³/mol. The lowest BCUT2D eigenvalue weighted by Crippen LogP contribution is -2.16. The summed E-state index contributed by atoms with van der Waals surface area (Å²) in [5, 5.41) is 8.79. The number of anilines is 1. The largest absolute Gasteiger partial charge is 0.392 e. The summed E-state index contributed by atoms with van der Waals surface area (Å²) in [6, 6.07) is 6.48. The molecule has 0 atom stereocenters. The number of hydrogen-bond donors (Lipinski definition) is 2. The minimum atomic E-state index is -4.22. The first-order valence-corrected chi connectivity index (χ1v) is 7.57. The quantitative estimate of drug-likeness (QED) is 0.904. The van der Waals surface area contributed by atoms with Crippen molar-refractivity contribution in [2.24, 2.45) is 0 Å². The number of halogens is 3. The summed E-state index contributed by atoms with van der Waals surface area (Å²) in [5.41, 5.74) is -0.308. The molecule has 0 heterocycles. The van der Waals surface area contributed by atoms with Gasteiger partial charge in [0.05, 0.1) is 17.3 Å². The fourth-order valence-corrected chi connectivity index (χ4v) is 3.34. The van der Waals surface area contributed by atoms with Crippen molar-refractivity contribution < 1.29 is 22.3 Å². The van der Waals surface area contributed by atoms with Gasteiger partial charge in [0.25, 0.3) is 10.0 Å². The number of sulfonamides is 1. The van der Waals surface area contributed by atoms with Crippen LogP contribution in [0.5, 0.6) is 0 Å². The van der Waals surface area contributed by atoms with E-state index >= 15 is 0 Å². The van der Waals surface area contributed by atoms with Crippen LogP contribution in [0.25, 0.3) is 0 Å². The minimum Gasteiger partial charge on any atom is -0.392 e. The van der Waals surface area contributed by atoms with Gasteiger partial charge in [0.1, 0.15) is 16.5 Å². The Bertz CT molecular complexity index is 781. The monoisotopic (exact) mass is 333 g/mol. The zero-order valence-corrected chi connectivity index (χ0v) is 12.0. The molecule has 21 heavy (non-hydrogen) atoms. The molecule has 8 heteroatoms. The van der Waals surface area contributed by atoms with Crippen LogP contribution in [-0.4, -0.2) is 13.5 Å². The van der Waals surface area contributed by atoms with Gasteiger partial charge in [-0.1, -0.05) is 23.7 Å². The smallest absolute Gasteiger partial charge is 0.263 e. The number of rotatable bonds is 4. The van der Waals surface area contributed by atoms with Gasteiger partial charge in [-0.15, -0.1) is 0 Å². The number of nitrogens with one attached hydrogen (secondary N) is 1. The lowest BCUT2D eigenvalue weighted by Gasteiger charge is -2.13. The lowest BCUT2D eigenvalue weighted by atomic mass is 10.2. The van der Waals surface area contributed by atoms with Gasteiger partial charge in [0.15, 0.2) is 0 Å². The SMILES string of the molecule is O=S(=O)(Nc1c(F)cccc1CO)c1ccc(F)cc1Cl. The summed E-state index contributed by atoms with van der Waals surface area (Å²) in [4.78, 5) is -0.391. The maximum Gasteiger partial charge on any atom is 0.263 e. The van der Waals surface area contributed by atoms with E-state index in [1.807, 2.05) is 4.72 Å². The van der Waals surface area contributed by atoms with E-state index in [-0.39, 0.29) is 16.3 Å². The number of benzene rings is 2. The van der Waals surface area contributed by atoms with Gasteiger partial charge < -0.3 is 5.11 Å². The van der Waals surface area contributed by atoms with Crippen molar-refractivity contribution in [1.82, 2.24) is 0 Å². The zero-order valence-electron chi connectivity index (χ0n) is 10.5. The topological polar surface area (TPSA) is 66.4 Å². The van der Waals surface area contributed by atoms with E-state index in [1.165, 1.54) is 12.1 Å². The maximum absolute atomic E-state index is 13.7. The summed E-state index contributed by atoms with van der Waals surface area (Å²) in [7, 11) is -4.22. The van der Waals surface area contributed by atoms with Crippen LogP contribution >= 0.6 is 11.6 Å². The third-order valence-electron chi connectivity index (χ3n) is 2.69. The second-order valence-electron chi connectivity index (χ2n) is 4.11. The van der Waals surface area contributed by atoms with Gasteiger partial charge in [-0.3, -0.25) is 4.72 Å². The third kappa shape index (κ3) is 3.31. The molecule has 2 rings (SSSR count). The van der Waals surface area contributed by atoms with E-state index in [0.717, 1.165) is 24.3 Å². The van der Waals surface area contributed by atoms with Crippen LogP contribution in [0.1, 0.15) is 5.56 Å². The van der Waals surface area contributed by atoms with Crippen LogP contribution in [0.15, 0.2) is 41.3 Å². The highest BCUT2D eigenvalue weighted by atomic mass is 35.5. The molecule has 0 aliphatic rings. The first-order chi connectivity index (χ1) is 9.85. The van der Waals surface area contributed by atoms with Crippen molar-refractivity contribution in [2.45, 2.75) is 11.5 Å². The van der Waals surface area contributed by atoms with E-state index in [0.29, 0.717) is 0 Å². The van der Waals surface area contributed by atoms with Gasteiger partial charge in [-0.25, -0.2) is 17.2 Å². The average molecular weight is 334 g/mol. The van der Waals surface area contributed by atoms with E-state index in [2.05, 4.69) is 0 Å². The Morgan fingerprint density at radius 3 is 2.52 bits per heavy atom. The van der Waals surface area contributed by atoms with Gasteiger partial charge in [0.2, 0.25) is 0 Å². The molecule has 0 fully saturated rings. The third-order valence-corrected chi connectivity index (χ3v) is 4.52. The highest BCUT2D eigenvalue weighted by Crippen LogP contribution is 2.27. The normalized spacial score (nSPS) is 11.4. The molecule has 0 bridgehead atoms. The number of para-hydroxylation sites is 1. The van der Waals surface area contributed by atoms with Crippen LogP contribution in [-0.2, 0) is 16.6 Å². The maximum atomic E-state index is 13.7. The lowest BCUT2D eigenvalue weighted by molar-refractivity contribution is 0.282. The fraction of sp³-hybridized carbons (Fsp3) is 0.0769. The number of hydrogen-bond acceptors (Lipinski definition) is 3. The van der Waals surface area contributed by atoms with Gasteiger partial charge >= 0.3 is 0 Å². The van der Waals surface area contributed by atoms with Crippen LogP contribution < -0.4 is 4.72 Å². The molecule has 0 unspecified atom stereocenters. The first-order valence-electron chi connectivity index (χ1n) is 5.71. The molecule has 0 aromatic heterocycles. The van der Waals surface area contributed by atoms with Crippen molar-refractivity contribution in [3.05, 3.63) is 58.6 Å². The Kier molecular flexibility index (Phi) is 4.46. The fourth-order valence-electron chi connectivity index (χ4n) is 1.70. The van der Waals surface area contributed by atoms with Gasteiger partial charge in [-0.2, -0.15) is 0 Å². The van der Waals surface area contributed by atoms with Gasteiger partial charge in [-0.05, 0) is 24.3 Å². The van der Waals surface area contributed by atoms with Crippen molar-refractivity contribution >= 4 is 27.3 Å². The Morgan fingerprint density at radius 1 is 1.19 bits per heavy atom. The zero-order chi connectivity index (χ0) is 15.6. The summed E-state index contributed by atoms with van der Waals surface area (Å²) >= 11 is 5.69. The molecule has 0 aliphatic heterocycles.